The van der Waals surface area contributed by atoms with Crippen LogP contribution in [0.3, 0.4) is 0 Å². The van der Waals surface area contributed by atoms with E-state index in [0.717, 1.165) is 32.5 Å². The topological polar surface area (TPSA) is 0 Å². The quantitative estimate of drug-likeness (QED) is 0.351. The van der Waals surface area contributed by atoms with E-state index in [1.165, 1.54) is 82.9 Å². The molecule has 14 rings (SSSR count). The van der Waals surface area contributed by atoms with Crippen molar-refractivity contribution < 1.29 is 891 Å². The van der Waals surface area contributed by atoms with Gasteiger partial charge in [0, 0.05) is 891 Å². The molecular weight excluding hydrogens is 2720 g/mol. The summed E-state index contributed by atoms with van der Waals surface area (Å²) in [5, 5.41) is 0. The summed E-state index contributed by atoms with van der Waals surface area (Å²) < 4.78 is 0. The van der Waals surface area contributed by atoms with Gasteiger partial charge in [-0.25, -0.2) is 0 Å². The third kappa shape index (κ3) is 12.4. The maximum atomic E-state index is 1.73. The summed E-state index contributed by atoms with van der Waals surface area (Å²) in [6.45, 7) is 0. The fourth-order valence-electron chi connectivity index (χ4n) is 20.1. The fraction of sp³-hybridized carbons (Fsp3) is 1.00. The molecule has 236 valence electrons. The van der Waals surface area contributed by atoms with Crippen molar-refractivity contribution in [1.82, 2.24) is 0 Å². The summed E-state index contributed by atoms with van der Waals surface area (Å²) in [6, 6.07) is 0. The molecule has 0 aromatic heterocycles. The van der Waals surface area contributed by atoms with Crippen LogP contribution < -0.4 is 0 Å². The van der Waals surface area contributed by atoms with Gasteiger partial charge in [-0.2, -0.15) is 0 Å². The number of hydrogen-bond donors (Lipinski definition) is 0. The molecule has 0 aromatic rings. The van der Waals surface area contributed by atoms with Crippen molar-refractivity contribution in [3.05, 3.63) is 0 Å². The molecule has 0 heterocycles. The Labute approximate surface area is 998 Å². The minimum Gasteiger partial charge on any atom is -0.0461 e. The van der Waals surface area contributed by atoms with E-state index in [0.29, 0.717) is 0 Å². The second-order valence-corrected chi connectivity index (χ2v) is 14.3. The molecule has 32 radical (unpaired) electrons. The van der Waals surface area contributed by atoms with Gasteiger partial charge in [0.1, 0.15) is 0 Å². The maximum Gasteiger partial charge on any atom is 0 e. The van der Waals surface area contributed by atoms with Crippen LogP contribution in [0.4, 0.5) is 0 Å². The molecule has 12 unspecified atom stereocenters. The molecule has 14 aliphatic carbocycles. The smallest absolute Gasteiger partial charge is 0 e. The third-order valence-electron chi connectivity index (χ3n) is 17.7. The van der Waals surface area contributed by atoms with E-state index < -0.39 is 0 Å². The van der Waals surface area contributed by atoms with Gasteiger partial charge >= 0.3 is 0 Å². The van der Waals surface area contributed by atoms with Crippen LogP contribution in [0, 0.1) is 115 Å². The zero-order chi connectivity index (χ0) is 13.9. The van der Waals surface area contributed by atoms with Crippen LogP contribution in [-0.4, -0.2) is 0 Å². The first-order chi connectivity index (χ1) is 11.9. The first kappa shape index (κ1) is 138. The Morgan fingerprint density at radius 3 is 0.464 bits per heavy atom. The van der Waals surface area contributed by atoms with Crippen molar-refractivity contribution in [2.45, 2.75) is 25.7 Å². The largest absolute Gasteiger partial charge is 0.0461 e. The van der Waals surface area contributed by atoms with Crippen LogP contribution in [0.5, 0.6) is 0 Å². The van der Waals surface area contributed by atoms with Crippen LogP contribution in [-0.2, 0) is 891 Å². The fourth-order valence-corrected chi connectivity index (χ4v) is 20.1. The summed E-state index contributed by atoms with van der Waals surface area (Å²) in [6.07, 6.45) is 6.91. The standard InChI is InChI=1S/C24H22.11V.21Y/c1-5-2-8-12-17-18-14-10-4-6-3-9-13-16-15-11-7(1)19(5,8)21(11,12)23(15,17)24(16,18)22(13,14)20(6,9)10;;;;;;;;;;;;;;;;;;;;;;;;;;;;;;;;/h5-18H,1-4H2;;;;;;;;;;;;;;;;;;;;;;;;;;;;;;;;. The molecule has 14 aliphatic rings. The van der Waals surface area contributed by atoms with Gasteiger partial charge in [-0.3, -0.25) is 0 Å². The van der Waals surface area contributed by atoms with Crippen LogP contribution >= 0.6 is 0 Å². The van der Waals surface area contributed by atoms with Crippen molar-refractivity contribution in [2.24, 2.45) is 115 Å². The Morgan fingerprint density at radius 2 is 0.339 bits per heavy atom. The Bertz CT molecular complexity index is 978. The number of fused-ring (bicyclic) bond motifs is 10. The minimum absolute atomic E-state index is 0. The zero-order valence-electron chi connectivity index (χ0n) is 31.0. The van der Waals surface area contributed by atoms with Crippen LogP contribution in [0.25, 0.3) is 0 Å². The number of hydrogen-bond acceptors (Lipinski definition) is 0. The predicted molar refractivity (Wildman–Crippen MR) is 81.9 cm³/mol. The minimum atomic E-state index is 0. The SMILES string of the molecule is C1C2CC3C4C5C6C7C8CC9CC%10C%11C%12C%13C%14C1C23C%144C%135C%126C%117C9%108.[V].[V].[V].[V].[V].[V].[V].[V].[V].[V].[V].[Y].[Y].[Y].[Y].[Y].[Y].[Y].[Y].[Y].[Y].[Y].[Y].[Y].[Y].[Y].[Y].[Y].[Y].[Y].[Y].[Y]. The Hall–Kier alpha value is 29.6. The molecule has 0 nitrogen and oxygen atoms in total. The van der Waals surface area contributed by atoms with Crippen molar-refractivity contribution in [2.75, 3.05) is 0 Å². The number of rotatable bonds is 0. The molecule has 0 saturated heterocycles. The molecule has 14 fully saturated rings. The van der Waals surface area contributed by atoms with Crippen LogP contribution in [0.2, 0.25) is 0 Å². The molecule has 56 heavy (non-hydrogen) atoms. The van der Waals surface area contributed by atoms with Crippen molar-refractivity contribution in [1.29, 1.82) is 0 Å². The van der Waals surface area contributed by atoms with E-state index in [2.05, 4.69) is 0 Å². The van der Waals surface area contributed by atoms with Gasteiger partial charge < -0.3 is 0 Å². The average molecular weight is 2740 g/mol. The van der Waals surface area contributed by atoms with Crippen molar-refractivity contribution >= 4 is 0 Å². The van der Waals surface area contributed by atoms with E-state index in [1.54, 1.807) is 25.7 Å². The summed E-state index contributed by atoms with van der Waals surface area (Å²) in [7, 11) is 0. The van der Waals surface area contributed by atoms with Gasteiger partial charge in [-0.05, 0) is 141 Å². The van der Waals surface area contributed by atoms with E-state index in [1.807, 2.05) is 0 Å². The van der Waals surface area contributed by atoms with E-state index in [-0.39, 0.29) is 891 Å². The molecule has 0 aliphatic heterocycles. The van der Waals surface area contributed by atoms with Gasteiger partial charge in [0.25, 0.3) is 0 Å². The molecule has 0 N–H and O–H groups in total. The Morgan fingerprint density at radius 1 is 0.196 bits per heavy atom. The normalized spacial score (nSPS) is 49.3. The molecule has 0 aromatic carbocycles. The van der Waals surface area contributed by atoms with E-state index in [4.69, 9.17) is 0 Å². The molecule has 32 heteroatoms. The Kier molecular flexibility index (Phi) is 117. The Balaban J connectivity index is -0.0000000252. The first-order valence-corrected chi connectivity index (χ1v) is 11.9. The van der Waals surface area contributed by atoms with Gasteiger partial charge in [0.2, 0.25) is 0 Å². The molecule has 0 bridgehead atoms. The average Bonchev–Trinajstić information content (AvgIpc) is 2.45. The third-order valence-corrected chi connectivity index (χ3v) is 17.7. The van der Waals surface area contributed by atoms with Gasteiger partial charge in [0.05, 0.1) is 0 Å². The summed E-state index contributed by atoms with van der Waals surface area (Å²) in [4.78, 5) is 0. The van der Waals surface area contributed by atoms with Crippen LogP contribution in [0.1, 0.15) is 25.7 Å². The van der Waals surface area contributed by atoms with Crippen molar-refractivity contribution in [3.8, 4) is 0 Å². The molecule has 12 atom stereocenters. The van der Waals surface area contributed by atoms with Crippen molar-refractivity contribution in [3.63, 3.8) is 0 Å². The van der Waals surface area contributed by atoms with Gasteiger partial charge in [-0.15, -0.1) is 0 Å². The second kappa shape index (κ2) is 47.5. The molecule has 0 amide bonds. The summed E-state index contributed by atoms with van der Waals surface area (Å²) >= 11 is 0. The summed E-state index contributed by atoms with van der Waals surface area (Å²) in [5.74, 6) is 18.7. The monoisotopic (exact) mass is 2740 g/mol. The van der Waals surface area contributed by atoms with Gasteiger partial charge in [0.15, 0.2) is 0 Å². The second-order valence-electron chi connectivity index (χ2n) is 14.3. The zero-order valence-corrected chi connectivity index (χ0v) is 106. The van der Waals surface area contributed by atoms with E-state index >= 15 is 0 Å². The maximum absolute atomic E-state index is 1.73. The predicted octanol–water partition coefficient (Wildman–Crippen LogP) is 3.20. The van der Waals surface area contributed by atoms with Gasteiger partial charge in [-0.1, -0.05) is 0 Å². The molecule has 6 spiro atoms. The first-order valence-electron chi connectivity index (χ1n) is 11.9. The van der Waals surface area contributed by atoms with Crippen LogP contribution in [0.15, 0.2) is 0 Å². The molecule has 14 saturated carbocycles. The molecular formula is C24H22V11Y21. The van der Waals surface area contributed by atoms with E-state index in [9.17, 15) is 0 Å². The summed E-state index contributed by atoms with van der Waals surface area (Å²) in [5.41, 5.74) is 6.55.